The highest BCUT2D eigenvalue weighted by Crippen LogP contribution is 2.42. The largest absolute Gasteiger partial charge is 0.373 e. The number of halogens is 10. The van der Waals surface area contributed by atoms with Gasteiger partial charge in [-0.05, 0) is 90.8 Å². The fourth-order valence-electron chi connectivity index (χ4n) is 15.1. The number of nitrogens with zero attached hydrogens (tertiary/aromatic N) is 21. The number of alkyl halides is 10. The number of thiazole rings is 7. The molecule has 39 heteroatoms. The predicted molar refractivity (Wildman–Crippen MR) is 462 cm³/mol. The first kappa shape index (κ1) is 96.9. The summed E-state index contributed by atoms with van der Waals surface area (Å²) < 4.78 is 144. The van der Waals surface area contributed by atoms with Gasteiger partial charge in [-0.25, -0.2) is 78.8 Å². The standard InChI is InChI=1S/C18H21N3OS.C15H15N3S.4C11H13F2N3S.C9H9F2N3S/c1-14-20-12-18(23-14)17(11-19)21-9-7-16(8-10-21)22-13-15-5-3-2-4-6-15;1-11-17-9-15(19-11)14(8-16)18-7-6-12-4-2-3-5-13(12)10-18;2*1-8-10(17-7-15-8)9(6-14)16-4-2-11(12,13)3-5-16;1-8-15-7-10(17-8)9(6-14)16-4-2-11(12,13)3-5-16;1-8-10(17-7-15-8)9(5-14)16-4-2-3-11(12,13)6-16;1-6-8(15-5-13-6)7(2-12)14-3-9(10,11)4-14/h2-6,12,16-17H,7-10,13H2,1H3;2-5,9,14H,6-7,10H2,1H3;3*7,9H,2-5H2,1H3;7,9H,2-4,6H2,1H3;5,7H,3-4H2,1H3/i;;7D;;;;. The molecule has 6 fully saturated rings. The molecule has 9 aromatic rings. The van der Waals surface area contributed by atoms with Crippen molar-refractivity contribution in [1.29, 1.82) is 36.8 Å². The Morgan fingerprint density at radius 2 is 0.736 bits per heavy atom. The van der Waals surface area contributed by atoms with E-state index in [2.05, 4.69) is 118 Å². The number of aromatic nitrogens is 7. The zero-order valence-electron chi connectivity index (χ0n) is 71.1. The van der Waals surface area contributed by atoms with E-state index in [9.17, 15) is 75.5 Å². The average Bonchev–Trinajstić information content (AvgIpc) is 1.17. The lowest BCUT2D eigenvalue weighted by atomic mass is 9.98. The van der Waals surface area contributed by atoms with Gasteiger partial charge in [0, 0.05) is 136 Å². The zero-order valence-corrected chi connectivity index (χ0v) is 75.8. The van der Waals surface area contributed by atoms with Gasteiger partial charge in [0.15, 0.2) is 0 Å². The maximum absolute atomic E-state index is 13.3. The molecule has 7 aliphatic heterocycles. The second-order valence-electron chi connectivity index (χ2n) is 31.1. The van der Waals surface area contributed by atoms with Crippen molar-refractivity contribution in [1.82, 2.24) is 69.2 Å². The van der Waals surface area contributed by atoms with Gasteiger partial charge in [-0.3, -0.25) is 34.3 Å². The van der Waals surface area contributed by atoms with E-state index in [1.165, 1.54) is 66.9 Å². The quantitative estimate of drug-likeness (QED) is 0.0765. The molecule has 7 aliphatic rings. The summed E-state index contributed by atoms with van der Waals surface area (Å²) in [7, 11) is 0. The summed E-state index contributed by atoms with van der Waals surface area (Å²) >= 11 is 9.94. The second-order valence-corrected chi connectivity index (χ2v) is 38.4. The molecule has 14 heterocycles. The zero-order chi connectivity index (χ0) is 91.1. The molecule has 2 aromatic carbocycles. The fraction of sp³-hybridized carbons (Fsp3) is 0.535. The first-order valence-corrected chi connectivity index (χ1v) is 46.5. The third-order valence-corrected chi connectivity index (χ3v) is 28.8. The molecule has 0 spiro atoms. The van der Waals surface area contributed by atoms with Crippen molar-refractivity contribution in [3.05, 3.63) is 184 Å². The van der Waals surface area contributed by atoms with E-state index in [4.69, 9.17) is 11.4 Å². The highest BCUT2D eigenvalue weighted by atomic mass is 32.1. The van der Waals surface area contributed by atoms with E-state index in [0.717, 1.165) is 118 Å². The molecule has 0 radical (unpaired) electrons. The maximum Gasteiger partial charge on any atom is 0.273 e. The molecule has 7 atom stereocenters. The van der Waals surface area contributed by atoms with Gasteiger partial charge in [0.05, 0.1) is 170 Å². The first-order chi connectivity index (χ1) is 60.1. The summed E-state index contributed by atoms with van der Waals surface area (Å²) in [6, 6.07) is 31.4. The van der Waals surface area contributed by atoms with Crippen LogP contribution in [-0.4, -0.2) is 190 Å². The van der Waals surface area contributed by atoms with Crippen molar-refractivity contribution in [2.75, 3.05) is 85.1 Å². The van der Waals surface area contributed by atoms with Crippen LogP contribution in [0.3, 0.4) is 0 Å². The van der Waals surface area contributed by atoms with Crippen molar-refractivity contribution in [2.24, 2.45) is 0 Å². The second kappa shape index (κ2) is 45.8. The summed E-state index contributed by atoms with van der Waals surface area (Å²) in [5.41, 5.74) is 12.1. The van der Waals surface area contributed by atoms with Gasteiger partial charge >= 0.3 is 0 Å². The minimum absolute atomic E-state index is 0.0800. The van der Waals surface area contributed by atoms with Gasteiger partial charge in [-0.15, -0.1) is 79.4 Å². The molecule has 0 bridgehead atoms. The highest BCUT2D eigenvalue weighted by molar-refractivity contribution is 7.12. The third kappa shape index (κ3) is 28.1. The summed E-state index contributed by atoms with van der Waals surface area (Å²) in [5, 5.41) is 67.7. The van der Waals surface area contributed by atoms with Gasteiger partial charge in [-0.1, -0.05) is 54.6 Å². The molecule has 0 amide bonds. The SMILES string of the molecule is Cc1ncc(C(C#N)N2CCC(F)(F)CC2)s1.Cc1ncc(C(C#N)N2CCC(OCc3ccccc3)CC2)s1.Cc1ncc(C(C#N)N2CCc3ccccc3C2)s1.Cc1ncsc1C(C#N)N1CC(F)(F)C1.Cc1ncsc1C(C#N)N1CCC(F)(F)CC1.Cc1ncsc1C(C#N)N1CCCC(F)(F)C1.[2H]c1nc(C)c(C(C#N)N2CCC(F)(F)CC2)s1. The van der Waals surface area contributed by atoms with Crippen LogP contribution in [0.5, 0.6) is 0 Å². The van der Waals surface area contributed by atoms with Gasteiger partial charge in [-0.2, -0.15) is 36.8 Å². The summed E-state index contributed by atoms with van der Waals surface area (Å²) in [5.74, 6) is -13.1. The molecule has 6 saturated heterocycles. The Balaban J connectivity index is 0.000000154. The van der Waals surface area contributed by atoms with Gasteiger partial charge < -0.3 is 4.74 Å². The Labute approximate surface area is 751 Å². The van der Waals surface area contributed by atoms with Gasteiger partial charge in [0.1, 0.15) is 42.3 Å². The van der Waals surface area contributed by atoms with Gasteiger partial charge in [0.2, 0.25) is 0 Å². The minimum atomic E-state index is -2.67. The molecular weight excluding hydrogens is 1760 g/mol. The number of aryl methyl sites for hydroxylation is 7. The van der Waals surface area contributed by atoms with Crippen LogP contribution >= 0.6 is 79.4 Å². The van der Waals surface area contributed by atoms with Crippen LogP contribution in [0, 0.1) is 128 Å². The summed E-state index contributed by atoms with van der Waals surface area (Å²) in [6.45, 7) is 18.3. The lowest BCUT2D eigenvalue weighted by molar-refractivity contribution is -0.139. The minimum Gasteiger partial charge on any atom is -0.373 e. The number of rotatable bonds is 17. The van der Waals surface area contributed by atoms with E-state index in [1.54, 1.807) is 76.0 Å². The Hall–Kier alpha value is -8.74. The van der Waals surface area contributed by atoms with Crippen LogP contribution in [0.15, 0.2) is 95.2 Å². The van der Waals surface area contributed by atoms with E-state index < -0.39 is 59.8 Å². The van der Waals surface area contributed by atoms with E-state index in [0.29, 0.717) is 30.1 Å². The van der Waals surface area contributed by atoms with E-state index in [-0.39, 0.29) is 128 Å². The Bertz CT molecular complexity index is 5260. The molecule has 664 valence electrons. The Kier molecular flexibility index (Phi) is 35.5. The number of benzene rings is 2. The fourth-order valence-corrected chi connectivity index (χ4v) is 21.1. The molecule has 0 aliphatic carbocycles. The lowest BCUT2D eigenvalue weighted by Crippen LogP contribution is -2.56. The van der Waals surface area contributed by atoms with Crippen molar-refractivity contribution < 1.29 is 50.0 Å². The number of fused-ring (bicyclic) bond motifs is 1. The van der Waals surface area contributed by atoms with E-state index >= 15 is 0 Å². The number of ether oxygens (including phenoxy) is 1. The molecular formula is C86H97F10N21OS7. The maximum atomic E-state index is 13.3. The Morgan fingerprint density at radius 3 is 1.10 bits per heavy atom. The van der Waals surface area contributed by atoms with Gasteiger partial charge in [0.25, 0.3) is 29.6 Å². The number of likely N-dealkylation sites (tertiary alicyclic amines) is 6. The molecule has 7 unspecified atom stereocenters. The number of nitriles is 7. The van der Waals surface area contributed by atoms with Crippen LogP contribution in [0.2, 0.25) is 0 Å². The third-order valence-electron chi connectivity index (χ3n) is 22.0. The van der Waals surface area contributed by atoms with Crippen LogP contribution in [0.1, 0.15) is 197 Å². The van der Waals surface area contributed by atoms with E-state index in [1.807, 2.05) is 74.2 Å². The summed E-state index contributed by atoms with van der Waals surface area (Å²) in [6.07, 6.45) is 7.88. The number of hydrogen-bond acceptors (Lipinski definition) is 29. The lowest BCUT2D eigenvalue weighted by Gasteiger charge is -2.40. The average molecular weight is 1860 g/mol. The molecule has 7 aromatic heterocycles. The van der Waals surface area contributed by atoms with Crippen molar-refractivity contribution in [2.45, 2.75) is 210 Å². The van der Waals surface area contributed by atoms with Crippen molar-refractivity contribution in [3.8, 4) is 42.5 Å². The van der Waals surface area contributed by atoms with Crippen LogP contribution in [0.4, 0.5) is 43.9 Å². The van der Waals surface area contributed by atoms with Crippen LogP contribution in [-0.2, 0) is 24.3 Å². The number of piperidine rings is 5. The molecule has 16 rings (SSSR count). The highest BCUT2D eigenvalue weighted by Gasteiger charge is 2.48. The summed E-state index contributed by atoms with van der Waals surface area (Å²) in [4.78, 5) is 47.8. The van der Waals surface area contributed by atoms with Crippen molar-refractivity contribution >= 4 is 79.4 Å². The molecule has 0 saturated carbocycles. The monoisotopic (exact) mass is 1850 g/mol. The Morgan fingerprint density at radius 1 is 0.384 bits per heavy atom. The van der Waals surface area contributed by atoms with Crippen LogP contribution < -0.4 is 0 Å². The first-order valence-electron chi connectivity index (χ1n) is 41.1. The molecule has 125 heavy (non-hydrogen) atoms. The molecule has 22 nitrogen and oxygen atoms in total. The topological polar surface area (TPSA) is 289 Å². The van der Waals surface area contributed by atoms with Crippen LogP contribution in [0.25, 0.3) is 0 Å². The number of hydrogen-bond donors (Lipinski definition) is 0. The van der Waals surface area contributed by atoms with Crippen molar-refractivity contribution in [3.63, 3.8) is 0 Å². The predicted octanol–water partition coefficient (Wildman–Crippen LogP) is 19.7. The normalized spacial score (nSPS) is 20.5. The smallest absolute Gasteiger partial charge is 0.273 e. The molecule has 0 N–H and O–H groups in total.